The zero-order chi connectivity index (χ0) is 20.3. The number of hydrogen-bond donors (Lipinski definition) is 2. The second kappa shape index (κ2) is 7.75. The lowest BCUT2D eigenvalue weighted by molar-refractivity contribution is -0.137. The monoisotopic (exact) mass is 389 g/mol. The van der Waals surface area contributed by atoms with Crippen LogP contribution in [-0.4, -0.2) is 23.2 Å². The van der Waals surface area contributed by atoms with Gasteiger partial charge in [0.15, 0.2) is 0 Å². The molecule has 1 aromatic heterocycles. The number of anilines is 1. The van der Waals surface area contributed by atoms with Crippen molar-refractivity contribution in [1.29, 1.82) is 0 Å². The molecular weight excluding hydrogens is 371 g/mol. The molecule has 0 saturated carbocycles. The van der Waals surface area contributed by atoms with Crippen molar-refractivity contribution in [3.05, 3.63) is 65.4 Å². The van der Waals surface area contributed by atoms with Gasteiger partial charge >= 0.3 is 6.18 Å². The van der Waals surface area contributed by atoms with Crippen molar-refractivity contribution < 1.29 is 22.7 Å². The first kappa shape index (κ1) is 19.5. The zero-order valence-electron chi connectivity index (χ0n) is 15.2. The summed E-state index contributed by atoms with van der Waals surface area (Å²) in [5.74, 6) is 0.379. The number of benzene rings is 2. The van der Waals surface area contributed by atoms with Crippen LogP contribution in [0.3, 0.4) is 0 Å². The number of nitrogens with zero attached hydrogens (tertiary/aromatic N) is 1. The molecule has 0 radical (unpaired) electrons. The molecule has 28 heavy (non-hydrogen) atoms. The molecule has 5 nitrogen and oxygen atoms in total. The van der Waals surface area contributed by atoms with Crippen LogP contribution in [0.1, 0.15) is 16.8 Å². The normalized spacial score (nSPS) is 11.3. The number of rotatable bonds is 5. The molecule has 8 heteroatoms. The highest BCUT2D eigenvalue weighted by molar-refractivity contribution is 5.96. The van der Waals surface area contributed by atoms with Crippen molar-refractivity contribution in [1.82, 2.24) is 10.2 Å². The van der Waals surface area contributed by atoms with E-state index in [1.54, 1.807) is 38.3 Å². The minimum Gasteiger partial charge on any atom is -0.497 e. The molecule has 0 spiro atoms. The molecule has 0 saturated heterocycles. The molecular formula is C20H18F3N3O2. The highest BCUT2D eigenvalue weighted by atomic mass is 19.4. The Morgan fingerprint density at radius 3 is 2.54 bits per heavy atom. The third-order valence-electron chi connectivity index (χ3n) is 4.20. The van der Waals surface area contributed by atoms with Gasteiger partial charge in [-0.15, -0.1) is 0 Å². The summed E-state index contributed by atoms with van der Waals surface area (Å²) in [6.45, 7) is 1.69. The van der Waals surface area contributed by atoms with Crippen molar-refractivity contribution in [3.63, 3.8) is 0 Å². The number of H-pyrrole nitrogens is 1. The molecule has 0 fully saturated rings. The summed E-state index contributed by atoms with van der Waals surface area (Å²) >= 11 is 0. The van der Waals surface area contributed by atoms with Gasteiger partial charge in [0.05, 0.1) is 30.5 Å². The van der Waals surface area contributed by atoms with E-state index in [9.17, 15) is 18.0 Å². The Morgan fingerprint density at radius 1 is 1.18 bits per heavy atom. The highest BCUT2D eigenvalue weighted by Gasteiger charge is 2.31. The van der Waals surface area contributed by atoms with Crippen molar-refractivity contribution in [2.75, 3.05) is 12.4 Å². The van der Waals surface area contributed by atoms with Crippen molar-refractivity contribution in [2.24, 2.45) is 0 Å². The van der Waals surface area contributed by atoms with Crippen molar-refractivity contribution >= 4 is 11.6 Å². The highest BCUT2D eigenvalue weighted by Crippen LogP contribution is 2.34. The molecule has 1 heterocycles. The maximum absolute atomic E-state index is 13.0. The molecule has 146 valence electrons. The average molecular weight is 389 g/mol. The molecule has 0 atom stereocenters. The van der Waals surface area contributed by atoms with Gasteiger partial charge in [0, 0.05) is 5.56 Å². The number of halogens is 3. The number of carbonyl (C=O) groups excluding carboxylic acids is 1. The van der Waals surface area contributed by atoms with E-state index in [1.165, 1.54) is 12.1 Å². The van der Waals surface area contributed by atoms with Crippen LogP contribution < -0.4 is 10.1 Å². The molecule has 3 rings (SSSR count). The molecule has 0 unspecified atom stereocenters. The lowest BCUT2D eigenvalue weighted by Crippen LogP contribution is -2.15. The Hall–Kier alpha value is -3.29. The number of aromatic nitrogens is 2. The predicted molar refractivity (Wildman–Crippen MR) is 99.1 cm³/mol. The fourth-order valence-electron chi connectivity index (χ4n) is 2.75. The van der Waals surface area contributed by atoms with Gasteiger partial charge in [-0.3, -0.25) is 9.89 Å². The van der Waals surface area contributed by atoms with Crippen LogP contribution in [0, 0.1) is 6.92 Å². The number of nitrogens with one attached hydrogen (secondary N) is 2. The molecule has 0 bridgehead atoms. The summed E-state index contributed by atoms with van der Waals surface area (Å²) in [5, 5.41) is 9.53. The molecule has 0 aliphatic rings. The quantitative estimate of drug-likeness (QED) is 0.671. The first-order valence-electron chi connectivity index (χ1n) is 8.43. The van der Waals surface area contributed by atoms with Crippen LogP contribution in [0.4, 0.5) is 18.9 Å². The SMILES string of the molecule is COc1ccc(CC(=O)Nc2c(-c3cccc(C(F)(F)F)c3)n[nH]c2C)cc1. The summed E-state index contributed by atoms with van der Waals surface area (Å²) in [7, 11) is 1.55. The minimum atomic E-state index is -4.46. The van der Waals surface area contributed by atoms with Crippen LogP contribution in [-0.2, 0) is 17.4 Å². The fraction of sp³-hybridized carbons (Fsp3) is 0.200. The van der Waals surface area contributed by atoms with Gasteiger partial charge in [0.25, 0.3) is 0 Å². The Bertz CT molecular complexity index is 979. The summed E-state index contributed by atoms with van der Waals surface area (Å²) in [4.78, 5) is 12.4. The van der Waals surface area contributed by atoms with E-state index < -0.39 is 11.7 Å². The number of hydrogen-bond acceptors (Lipinski definition) is 3. The van der Waals surface area contributed by atoms with Gasteiger partial charge in [-0.25, -0.2) is 0 Å². The van der Waals surface area contributed by atoms with Crippen LogP contribution >= 0.6 is 0 Å². The van der Waals surface area contributed by atoms with E-state index >= 15 is 0 Å². The maximum Gasteiger partial charge on any atom is 0.416 e. The second-order valence-electron chi connectivity index (χ2n) is 6.22. The lowest BCUT2D eigenvalue weighted by atomic mass is 10.1. The van der Waals surface area contributed by atoms with E-state index in [4.69, 9.17) is 4.74 Å². The number of aryl methyl sites for hydroxylation is 1. The summed E-state index contributed by atoms with van der Waals surface area (Å²) in [5.41, 5.74) is 1.43. The standard InChI is InChI=1S/C20H18F3N3O2/c1-12-18(24-17(27)10-13-6-8-16(28-2)9-7-13)19(26-25-12)14-4-3-5-15(11-14)20(21,22)23/h3-9,11H,10H2,1-2H3,(H,24,27)(H,25,26). The largest absolute Gasteiger partial charge is 0.497 e. The molecule has 2 N–H and O–H groups in total. The van der Waals surface area contributed by atoms with Crippen LogP contribution in [0.25, 0.3) is 11.3 Å². The summed E-state index contributed by atoms with van der Waals surface area (Å²) in [6.07, 6.45) is -4.35. The fourth-order valence-corrected chi connectivity index (χ4v) is 2.75. The van der Waals surface area contributed by atoms with E-state index in [0.29, 0.717) is 17.1 Å². The lowest BCUT2D eigenvalue weighted by Gasteiger charge is -2.10. The molecule has 0 aliphatic heterocycles. The first-order valence-corrected chi connectivity index (χ1v) is 8.43. The molecule has 0 aliphatic carbocycles. The third kappa shape index (κ3) is 4.33. The minimum absolute atomic E-state index is 0.108. The van der Waals surface area contributed by atoms with Crippen molar-refractivity contribution in [2.45, 2.75) is 19.5 Å². The summed E-state index contributed by atoms with van der Waals surface area (Å²) < 4.78 is 44.0. The average Bonchev–Trinajstić information content (AvgIpc) is 3.02. The first-order chi connectivity index (χ1) is 13.3. The van der Waals surface area contributed by atoms with Gasteiger partial charge in [0.1, 0.15) is 11.4 Å². The van der Waals surface area contributed by atoms with E-state index in [-0.39, 0.29) is 23.6 Å². The third-order valence-corrected chi connectivity index (χ3v) is 4.20. The Kier molecular flexibility index (Phi) is 5.39. The van der Waals surface area contributed by atoms with Crippen LogP contribution in [0.2, 0.25) is 0 Å². The predicted octanol–water partition coefficient (Wildman–Crippen LogP) is 4.59. The topological polar surface area (TPSA) is 67.0 Å². The molecule has 2 aromatic carbocycles. The van der Waals surface area contributed by atoms with Crippen LogP contribution in [0.15, 0.2) is 48.5 Å². The second-order valence-corrected chi connectivity index (χ2v) is 6.22. The zero-order valence-corrected chi connectivity index (χ0v) is 15.2. The van der Waals surface area contributed by atoms with Crippen molar-refractivity contribution in [3.8, 4) is 17.0 Å². The number of amides is 1. The van der Waals surface area contributed by atoms with Gasteiger partial charge in [-0.1, -0.05) is 24.3 Å². The maximum atomic E-state index is 13.0. The number of methoxy groups -OCH3 is 1. The summed E-state index contributed by atoms with van der Waals surface area (Å²) in [6, 6.07) is 11.9. The van der Waals surface area contributed by atoms with E-state index in [0.717, 1.165) is 17.7 Å². The van der Waals surface area contributed by atoms with Gasteiger partial charge < -0.3 is 10.1 Å². The van der Waals surface area contributed by atoms with Gasteiger partial charge in [-0.2, -0.15) is 18.3 Å². The number of aromatic amines is 1. The number of alkyl halides is 3. The van der Waals surface area contributed by atoms with Crippen LogP contribution in [0.5, 0.6) is 5.75 Å². The van der Waals surface area contributed by atoms with E-state index in [1.807, 2.05) is 0 Å². The number of carbonyl (C=O) groups is 1. The Balaban J connectivity index is 1.82. The smallest absolute Gasteiger partial charge is 0.416 e. The molecule has 3 aromatic rings. The molecule has 1 amide bonds. The number of ether oxygens (including phenoxy) is 1. The van der Waals surface area contributed by atoms with E-state index in [2.05, 4.69) is 15.5 Å². The Labute approximate surface area is 159 Å². The van der Waals surface area contributed by atoms with Gasteiger partial charge in [-0.05, 0) is 36.8 Å². The van der Waals surface area contributed by atoms with Gasteiger partial charge in [0.2, 0.25) is 5.91 Å². The Morgan fingerprint density at radius 2 is 1.89 bits per heavy atom.